The zero-order chi connectivity index (χ0) is 20.5. The summed E-state index contributed by atoms with van der Waals surface area (Å²) in [6, 6.07) is 8.81. The van der Waals surface area contributed by atoms with E-state index in [0.717, 1.165) is 22.9 Å². The molecule has 1 heterocycles. The standard InChI is InChI=1S/C20H20F3N3O2/c1-12-9-13(2)11-14(10-12)26-8-7-17(18(26)27)25-19(28)24-16-6-4-3-5-15(16)20(21,22)23/h3-6,9-11,17H,7-8H2,1-2H3,(H2,24,25,28). The highest BCUT2D eigenvalue weighted by Crippen LogP contribution is 2.34. The van der Waals surface area contributed by atoms with Gasteiger partial charge in [0.1, 0.15) is 6.04 Å². The molecule has 28 heavy (non-hydrogen) atoms. The van der Waals surface area contributed by atoms with Crippen LogP contribution < -0.4 is 15.5 Å². The summed E-state index contributed by atoms with van der Waals surface area (Å²) in [6.07, 6.45) is -4.22. The van der Waals surface area contributed by atoms with Crippen LogP contribution in [0, 0.1) is 13.8 Å². The van der Waals surface area contributed by atoms with E-state index in [1.807, 2.05) is 32.0 Å². The fourth-order valence-corrected chi connectivity index (χ4v) is 3.33. The maximum Gasteiger partial charge on any atom is 0.418 e. The van der Waals surface area contributed by atoms with Crippen molar-refractivity contribution < 1.29 is 22.8 Å². The van der Waals surface area contributed by atoms with Crippen molar-refractivity contribution in [3.8, 4) is 0 Å². The van der Waals surface area contributed by atoms with Gasteiger partial charge in [0.05, 0.1) is 11.3 Å². The highest BCUT2D eigenvalue weighted by atomic mass is 19.4. The topological polar surface area (TPSA) is 61.4 Å². The molecule has 0 aromatic heterocycles. The van der Waals surface area contributed by atoms with E-state index in [0.29, 0.717) is 13.0 Å². The SMILES string of the molecule is Cc1cc(C)cc(N2CCC(NC(=O)Nc3ccccc3C(F)(F)F)C2=O)c1. The van der Waals surface area contributed by atoms with Gasteiger partial charge in [0.2, 0.25) is 5.91 Å². The number of nitrogens with one attached hydrogen (secondary N) is 2. The molecule has 3 amide bonds. The van der Waals surface area contributed by atoms with Crippen molar-refractivity contribution in [2.24, 2.45) is 0 Å². The Bertz CT molecular complexity index is 892. The van der Waals surface area contributed by atoms with E-state index in [-0.39, 0.29) is 11.6 Å². The van der Waals surface area contributed by atoms with Crippen molar-refractivity contribution in [1.82, 2.24) is 5.32 Å². The Morgan fingerprint density at radius 1 is 1.11 bits per heavy atom. The minimum absolute atomic E-state index is 0.288. The summed E-state index contributed by atoms with van der Waals surface area (Å²) in [7, 11) is 0. The van der Waals surface area contributed by atoms with Crippen LogP contribution in [-0.2, 0) is 11.0 Å². The molecule has 0 aliphatic carbocycles. The molecule has 1 aliphatic heterocycles. The number of para-hydroxylation sites is 1. The number of benzene rings is 2. The molecule has 3 rings (SSSR count). The summed E-state index contributed by atoms with van der Waals surface area (Å²) in [5.41, 5.74) is 1.47. The van der Waals surface area contributed by atoms with Crippen LogP contribution in [0.1, 0.15) is 23.1 Å². The number of nitrogens with zero attached hydrogens (tertiary/aromatic N) is 1. The third kappa shape index (κ3) is 4.27. The molecule has 148 valence electrons. The summed E-state index contributed by atoms with van der Waals surface area (Å²) < 4.78 is 39.1. The number of urea groups is 1. The van der Waals surface area contributed by atoms with Gasteiger partial charge < -0.3 is 15.5 Å². The molecule has 2 N–H and O–H groups in total. The average molecular weight is 391 g/mol. The molecule has 0 saturated carbocycles. The molecular weight excluding hydrogens is 371 g/mol. The first-order chi connectivity index (χ1) is 13.1. The zero-order valence-corrected chi connectivity index (χ0v) is 15.4. The molecule has 1 saturated heterocycles. The highest BCUT2D eigenvalue weighted by Gasteiger charge is 2.36. The number of halogens is 3. The Morgan fingerprint density at radius 3 is 2.39 bits per heavy atom. The van der Waals surface area contributed by atoms with Crippen LogP contribution in [0.15, 0.2) is 42.5 Å². The van der Waals surface area contributed by atoms with Gasteiger partial charge in [-0.25, -0.2) is 4.79 Å². The van der Waals surface area contributed by atoms with Gasteiger partial charge in [-0.3, -0.25) is 4.79 Å². The molecule has 2 aromatic rings. The van der Waals surface area contributed by atoms with E-state index in [4.69, 9.17) is 0 Å². The minimum Gasteiger partial charge on any atom is -0.326 e. The Morgan fingerprint density at radius 2 is 1.75 bits per heavy atom. The Balaban J connectivity index is 1.68. The van der Waals surface area contributed by atoms with Gasteiger partial charge in [-0.1, -0.05) is 18.2 Å². The molecule has 1 fully saturated rings. The van der Waals surface area contributed by atoms with Crippen LogP contribution in [0.2, 0.25) is 0 Å². The lowest BCUT2D eigenvalue weighted by Gasteiger charge is -2.19. The number of hydrogen-bond acceptors (Lipinski definition) is 2. The minimum atomic E-state index is -4.59. The number of alkyl halides is 3. The summed E-state index contributed by atoms with van der Waals surface area (Å²) in [5.74, 6) is -0.288. The van der Waals surface area contributed by atoms with Crippen LogP contribution in [0.5, 0.6) is 0 Å². The highest BCUT2D eigenvalue weighted by molar-refractivity contribution is 6.02. The normalized spacial score (nSPS) is 17.0. The van der Waals surface area contributed by atoms with E-state index in [1.165, 1.54) is 18.2 Å². The molecule has 0 bridgehead atoms. The largest absolute Gasteiger partial charge is 0.418 e. The third-order valence-electron chi connectivity index (χ3n) is 4.51. The van der Waals surface area contributed by atoms with Crippen LogP contribution >= 0.6 is 0 Å². The first-order valence-corrected chi connectivity index (χ1v) is 8.78. The van der Waals surface area contributed by atoms with E-state index in [2.05, 4.69) is 10.6 Å². The molecule has 5 nitrogen and oxygen atoms in total. The average Bonchev–Trinajstić information content (AvgIpc) is 2.94. The van der Waals surface area contributed by atoms with E-state index >= 15 is 0 Å². The van der Waals surface area contributed by atoms with Crippen LogP contribution in [0.4, 0.5) is 29.3 Å². The molecule has 1 aliphatic rings. The molecule has 0 radical (unpaired) electrons. The summed E-state index contributed by atoms with van der Waals surface area (Å²) in [5, 5.41) is 4.67. The third-order valence-corrected chi connectivity index (χ3v) is 4.51. The van der Waals surface area contributed by atoms with Crippen molar-refractivity contribution in [2.45, 2.75) is 32.5 Å². The van der Waals surface area contributed by atoms with Gasteiger partial charge >= 0.3 is 12.2 Å². The number of rotatable bonds is 3. The molecule has 0 spiro atoms. The lowest BCUT2D eigenvalue weighted by molar-refractivity contribution is -0.137. The van der Waals surface area contributed by atoms with Crippen LogP contribution in [0.25, 0.3) is 0 Å². The predicted molar refractivity (Wildman–Crippen MR) is 100 cm³/mol. The monoisotopic (exact) mass is 391 g/mol. The molecular formula is C20H20F3N3O2. The molecule has 1 atom stereocenters. The molecule has 2 aromatic carbocycles. The smallest absolute Gasteiger partial charge is 0.326 e. The van der Waals surface area contributed by atoms with Gasteiger partial charge in [-0.15, -0.1) is 0 Å². The quantitative estimate of drug-likeness (QED) is 0.822. The fraction of sp³-hybridized carbons (Fsp3) is 0.300. The Hall–Kier alpha value is -3.03. The lowest BCUT2D eigenvalue weighted by atomic mass is 10.1. The van der Waals surface area contributed by atoms with Crippen molar-refractivity contribution in [1.29, 1.82) is 0 Å². The second kappa shape index (κ2) is 7.53. The lowest BCUT2D eigenvalue weighted by Crippen LogP contribution is -2.43. The summed E-state index contributed by atoms with van der Waals surface area (Å²) in [4.78, 5) is 26.4. The zero-order valence-electron chi connectivity index (χ0n) is 15.4. The number of aryl methyl sites for hydroxylation is 2. The summed E-state index contributed by atoms with van der Waals surface area (Å²) in [6.45, 7) is 4.28. The van der Waals surface area contributed by atoms with Crippen molar-refractivity contribution in [3.05, 3.63) is 59.2 Å². The Labute approximate surface area is 160 Å². The molecule has 1 unspecified atom stereocenters. The van der Waals surface area contributed by atoms with E-state index in [1.54, 1.807) is 4.90 Å². The first-order valence-electron chi connectivity index (χ1n) is 8.78. The van der Waals surface area contributed by atoms with Gasteiger partial charge in [-0.2, -0.15) is 13.2 Å². The van der Waals surface area contributed by atoms with E-state index in [9.17, 15) is 22.8 Å². The number of carbonyl (C=O) groups is 2. The number of hydrogen-bond donors (Lipinski definition) is 2. The van der Waals surface area contributed by atoms with Gasteiger partial charge in [0, 0.05) is 12.2 Å². The maximum atomic E-state index is 13.0. The van der Waals surface area contributed by atoms with Crippen LogP contribution in [-0.4, -0.2) is 24.5 Å². The second-order valence-corrected chi connectivity index (χ2v) is 6.82. The van der Waals surface area contributed by atoms with Crippen molar-refractivity contribution in [3.63, 3.8) is 0 Å². The van der Waals surface area contributed by atoms with E-state index < -0.39 is 23.8 Å². The van der Waals surface area contributed by atoms with Crippen molar-refractivity contribution >= 4 is 23.3 Å². The molecule has 8 heteroatoms. The van der Waals surface area contributed by atoms with Crippen LogP contribution in [0.3, 0.4) is 0 Å². The second-order valence-electron chi connectivity index (χ2n) is 6.82. The Kier molecular flexibility index (Phi) is 5.31. The van der Waals surface area contributed by atoms with Gasteiger partial charge in [-0.05, 0) is 55.7 Å². The number of anilines is 2. The predicted octanol–water partition coefficient (Wildman–Crippen LogP) is 4.25. The first kappa shape index (κ1) is 19.7. The van der Waals surface area contributed by atoms with Gasteiger partial charge in [0.15, 0.2) is 0 Å². The van der Waals surface area contributed by atoms with Crippen molar-refractivity contribution in [2.75, 3.05) is 16.8 Å². The number of amides is 3. The fourth-order valence-electron chi connectivity index (χ4n) is 3.33. The number of carbonyl (C=O) groups excluding carboxylic acids is 2. The van der Waals surface area contributed by atoms with Gasteiger partial charge in [0.25, 0.3) is 0 Å². The maximum absolute atomic E-state index is 13.0. The summed E-state index contributed by atoms with van der Waals surface area (Å²) >= 11 is 0.